The smallest absolute Gasteiger partial charge is 0.354 e. The van der Waals surface area contributed by atoms with E-state index in [2.05, 4.69) is 84.6 Å². The molecule has 2 unspecified atom stereocenters. The third kappa shape index (κ3) is 32.4. The summed E-state index contributed by atoms with van der Waals surface area (Å²) in [4.78, 5) is 72.8. The van der Waals surface area contributed by atoms with E-state index in [4.69, 9.17) is 91.3 Å². The van der Waals surface area contributed by atoms with Gasteiger partial charge >= 0.3 is 5.97 Å². The van der Waals surface area contributed by atoms with Gasteiger partial charge in [0.15, 0.2) is 11.6 Å². The maximum absolute atomic E-state index is 11.5. The molecule has 714 valence electrons. The van der Waals surface area contributed by atoms with Crippen LogP contribution in [0.5, 0.6) is 0 Å². The van der Waals surface area contributed by atoms with Crippen LogP contribution in [0.3, 0.4) is 0 Å². The minimum Gasteiger partial charge on any atom is -0.512 e. The zero-order chi connectivity index (χ0) is 132. The summed E-state index contributed by atoms with van der Waals surface area (Å²) in [6.45, 7) is 21.7. The number of carboxylic acid groups (broad SMARTS) is 1. The van der Waals surface area contributed by atoms with E-state index in [1.807, 2.05) is 72.3 Å². The van der Waals surface area contributed by atoms with Gasteiger partial charge in [0.2, 0.25) is 0 Å². The van der Waals surface area contributed by atoms with Crippen molar-refractivity contribution in [3.05, 3.63) is 398 Å². The summed E-state index contributed by atoms with van der Waals surface area (Å²) in [6.07, 6.45) is 5.12. The minimum atomic E-state index is -2.87. The molecule has 0 amide bonds. The molecule has 0 bridgehead atoms. The van der Waals surface area contributed by atoms with Gasteiger partial charge in [-0.3, -0.25) is 58.9 Å². The second-order valence-electron chi connectivity index (χ2n) is 30.5. The van der Waals surface area contributed by atoms with E-state index in [1.165, 1.54) is 141 Å². The average molecular weight is 2580 g/mol. The summed E-state index contributed by atoms with van der Waals surface area (Å²) in [6, 6.07) is 48.1. The standard InChI is InChI=1S/C23H24N3.2C19H16N3.C18H14N3.C11H20O2.C10H10N3.C6H5NO2.C5H8O2.4Ir/c1-15(2)20-12-17(5)13-21(16(3)4)22(20)26-11-10-25-23(26)18-8-7-9-19(14-18)24-6;2*1-13-8-9-16(12-17(13)20-4)19-21-10-11-22(19)18-14(2)6-5-7-15(18)3;1-13-6-4-7-14(2)17(13)21-11-10-20-18(21)15-8-5-9-16(12-15)19-3;1-10(2,3)8(12)7-9(13)11(4,5)6;1-8-7-13(2)10(12-8)9-3-5-11-6-4-9;8-6(9)5-3-1-2-4-7-5;1-4(6)3-5(2)7;;;;/h7,9-16H,1-5H3;2*5-8,10-12H,1-3H3;4-7,9-12H,1-2H3;7,12H,1-6H3;3,5-7H,1-2H3;1-4H,(H,8,9);3,6H,1-2H3;;;;/q4*-1;;-1;;;;;;/i1D3,3D3,10D,11D,15D,16D;2*1D3,2D3,3D3,10D,11D;1D3,2D3,10D,11D;;;;;;;;. The van der Waals surface area contributed by atoms with Crippen molar-refractivity contribution in [3.8, 4) is 79.7 Å². The van der Waals surface area contributed by atoms with Crippen molar-refractivity contribution in [2.45, 2.75) is 163 Å². The fraction of sp³-hybridized carbons (Fsp3) is 0.243. The van der Waals surface area contributed by atoms with Gasteiger partial charge in [0.05, 0.1) is 66.3 Å². The van der Waals surface area contributed by atoms with E-state index in [1.54, 1.807) is 31.5 Å². The molecule has 26 heteroatoms. The van der Waals surface area contributed by atoms with Crippen molar-refractivity contribution in [2.24, 2.45) is 17.9 Å². The largest absolute Gasteiger partial charge is 0.512 e. The van der Waals surface area contributed by atoms with Crippen LogP contribution in [0, 0.1) is 136 Å². The van der Waals surface area contributed by atoms with Gasteiger partial charge in [-0.1, -0.05) is 161 Å². The van der Waals surface area contributed by atoms with Gasteiger partial charge in [-0.25, -0.2) is 9.78 Å². The monoisotopic (exact) mass is 2580 g/mol. The second kappa shape index (κ2) is 54.3. The quantitative estimate of drug-likeness (QED) is 0.0522. The van der Waals surface area contributed by atoms with Crippen LogP contribution in [0.4, 0.5) is 22.7 Å². The van der Waals surface area contributed by atoms with Crippen LogP contribution in [0.2, 0.25) is 0 Å². The molecule has 15 aromatic rings. The number of pyridine rings is 2. The molecule has 3 N–H and O–H groups in total. The third-order valence-electron chi connectivity index (χ3n) is 18.0. The molecule has 0 aliphatic rings. The van der Waals surface area contributed by atoms with E-state index in [-0.39, 0.29) is 261 Å². The Morgan fingerprint density at radius 2 is 0.869 bits per heavy atom. The second-order valence-corrected chi connectivity index (χ2v) is 30.5. The fourth-order valence-corrected chi connectivity index (χ4v) is 11.6. The number of carboxylic acids is 1. The Morgan fingerprint density at radius 1 is 0.467 bits per heavy atom. The van der Waals surface area contributed by atoms with Gasteiger partial charge in [-0.2, -0.15) is 30.3 Å². The number of carbonyl (C=O) groups excluding carboxylic acids is 2. The maximum Gasteiger partial charge on any atom is 0.354 e. The number of hydrogen-bond acceptors (Lipinski definition) is 12. The number of carbonyl (C=O) groups is 3. The predicted octanol–water partition coefficient (Wildman–Crippen LogP) is 27.1. The Morgan fingerprint density at radius 3 is 1.16 bits per heavy atom. The first-order chi connectivity index (χ1) is 79.2. The van der Waals surface area contributed by atoms with Gasteiger partial charge in [0.1, 0.15) is 34.2 Å². The van der Waals surface area contributed by atoms with Crippen LogP contribution in [0.1, 0.15) is 227 Å². The fourth-order valence-electron chi connectivity index (χ4n) is 11.6. The number of aromatic carboxylic acids is 1. The summed E-state index contributed by atoms with van der Waals surface area (Å²) >= 11 is 0. The SMILES string of the molecule is CC(=O)C=C(C)O.CC(C)(C)C(=O)C=C(O)C(C)(C)C.Cc1cn(C)c(-c2[c-]cncc2)n1.O=C(O)c1ccccn1.[2H]c1nc(-c2[c-]cc(C([2H])([2H])[2H])c([N+]#[C-])c2)n(-c2c(C([2H])([2H])[2H])cccc2C([2H])([2H])[2H])c1[2H].[2H]c1nc(-c2[c-]cc(C([2H])([2H])[2H])c([N+]#[C-])c2)n(-c2c(C([2H])([2H])[2H])cccc2C([2H])([2H])[2H])c1[2H].[2H]c1nc(-c2[c-]ccc([N+]#[C-])c2)n(-c2c(C([2H])(C)C([2H])([2H])[2H])cc(C)cc2C([2H])(C)C([2H])([2H])[2H])c1[2H].[2H]c1nc(-c2[c-]ccc([N+]#[C-])c2)n(-c2c(C([2H])([2H])[2H])cccc2C([2H])([2H])[2H])c1[2H].[Ir].[Ir].[Ir].[Ir]. The molecule has 22 nitrogen and oxygen atoms in total. The summed E-state index contributed by atoms with van der Waals surface area (Å²) in [5.41, 5.74) is -1.78. The Kier molecular flexibility index (Phi) is 26.5. The van der Waals surface area contributed by atoms with Crippen molar-refractivity contribution >= 4 is 40.3 Å². The minimum absolute atomic E-state index is 0. The first kappa shape index (κ1) is 66.9. The molecule has 2 atom stereocenters. The molecular formula is C111H113Ir4N16O6-5. The number of aliphatic hydroxyl groups excluding tert-OH is 2. The number of benzene rings is 8. The van der Waals surface area contributed by atoms with Gasteiger partial charge in [-0.05, 0) is 150 Å². The number of para-hydroxylation sites is 3. The maximum atomic E-state index is 11.5. The van der Waals surface area contributed by atoms with Crippen LogP contribution in [0.25, 0.3) is 99.1 Å². The van der Waals surface area contributed by atoms with Crippen molar-refractivity contribution in [1.82, 2.24) is 57.7 Å². The zero-order valence-electron chi connectivity index (χ0n) is 115. The molecule has 0 fully saturated rings. The number of hydrogen-bond donors (Lipinski definition) is 3. The number of nitrogens with zero attached hydrogens (tertiary/aromatic N) is 16. The molecule has 7 aromatic heterocycles. The Labute approximate surface area is 917 Å². The van der Waals surface area contributed by atoms with E-state index in [0.717, 1.165) is 73.5 Å². The molecule has 137 heavy (non-hydrogen) atoms. The first-order valence-corrected chi connectivity index (χ1v) is 39.5. The number of aliphatic hydroxyl groups is 2. The molecule has 15 rings (SSSR count). The molecule has 8 aromatic carbocycles. The normalized spacial score (nSPS) is 16.6. The molecule has 4 radical (unpaired) electrons. The van der Waals surface area contributed by atoms with Crippen LogP contribution in [-0.2, 0) is 97.1 Å². The summed E-state index contributed by atoms with van der Waals surface area (Å²) in [7, 11) is 1.98. The van der Waals surface area contributed by atoms with Gasteiger partial charge in [0.25, 0.3) is 0 Å². The van der Waals surface area contributed by atoms with Gasteiger partial charge in [-0.15, -0.1) is 106 Å². The number of aryl methyl sites for hydroxylation is 11. The average Bonchev–Trinajstić information content (AvgIpc) is 1.66. The third-order valence-corrected chi connectivity index (χ3v) is 18.0. The number of aromatic nitrogens is 12. The molecule has 0 aliphatic carbocycles. The predicted molar refractivity (Wildman–Crippen MR) is 530 cm³/mol. The van der Waals surface area contributed by atoms with Crippen LogP contribution in [-0.4, -0.2) is 90.6 Å². The number of rotatable bonds is 14. The van der Waals surface area contributed by atoms with Crippen molar-refractivity contribution in [1.29, 1.82) is 0 Å². The Hall–Kier alpha value is -13.4. The molecule has 0 saturated heterocycles. The van der Waals surface area contributed by atoms with Crippen LogP contribution >= 0.6 is 0 Å². The number of ketones is 2. The molecular weight excluding hydrogens is 2420 g/mol. The van der Waals surface area contributed by atoms with E-state index in [0.29, 0.717) is 5.56 Å². The molecule has 0 spiro atoms. The van der Waals surface area contributed by atoms with Crippen molar-refractivity contribution in [3.63, 3.8) is 0 Å². The van der Waals surface area contributed by atoms with Crippen LogP contribution in [0.15, 0.2) is 250 Å². The summed E-state index contributed by atoms with van der Waals surface area (Å²) in [5.74, 6) is -5.12. The molecule has 7 heterocycles. The number of allylic oxidation sites excluding steroid dienone is 4. The van der Waals surface area contributed by atoms with Crippen molar-refractivity contribution in [2.75, 3.05) is 0 Å². The zero-order valence-corrected chi connectivity index (χ0v) is 85.0. The number of imidazole rings is 5. The Balaban J connectivity index is 0.000000436. The van der Waals surface area contributed by atoms with E-state index < -0.39 is 141 Å². The summed E-state index contributed by atoms with van der Waals surface area (Å²) < 4.78 is 324. The Bertz CT molecular complexity index is 8360. The topological polar surface area (TPSA) is 244 Å². The first-order valence-electron chi connectivity index (χ1n) is 59.5. The van der Waals surface area contributed by atoms with Crippen LogP contribution < -0.4 is 0 Å². The van der Waals surface area contributed by atoms with E-state index in [9.17, 15) is 19.5 Å². The van der Waals surface area contributed by atoms with E-state index >= 15 is 0 Å². The van der Waals surface area contributed by atoms with Gasteiger partial charge in [0, 0.05) is 250 Å². The molecule has 0 aliphatic heterocycles. The van der Waals surface area contributed by atoms with Gasteiger partial charge < -0.3 is 38.2 Å². The molecule has 0 saturated carbocycles. The summed E-state index contributed by atoms with van der Waals surface area (Å²) in [5, 5.41) is 26.2. The van der Waals surface area contributed by atoms with Crippen molar-refractivity contribution < 1.29 is 165 Å².